The fourth-order valence-electron chi connectivity index (χ4n) is 0.916. The molecule has 0 aliphatic heterocycles. The van der Waals surface area contributed by atoms with Gasteiger partial charge >= 0.3 is 0 Å². The van der Waals surface area contributed by atoms with Crippen LogP contribution in [0.25, 0.3) is 5.70 Å². The van der Waals surface area contributed by atoms with Gasteiger partial charge in [0.05, 0.1) is 7.11 Å². The quantitative estimate of drug-likeness (QED) is 0.573. The minimum atomic E-state index is -0.398. The Balaban J connectivity index is 3.10. The summed E-state index contributed by atoms with van der Waals surface area (Å²) in [6, 6.07) is 3.91. The van der Waals surface area contributed by atoms with Crippen molar-refractivity contribution in [3.8, 4) is 5.75 Å². The van der Waals surface area contributed by atoms with Crippen molar-refractivity contribution in [3.05, 3.63) is 36.2 Å². The predicted octanol–water partition coefficient (Wildman–Crippen LogP) is 1.70. The molecule has 0 heterocycles. The summed E-state index contributed by atoms with van der Waals surface area (Å²) >= 11 is 0. The third-order valence-electron chi connectivity index (χ3n) is 1.46. The van der Waals surface area contributed by atoms with Crippen LogP contribution in [0.4, 0.5) is 4.39 Å². The van der Waals surface area contributed by atoms with E-state index in [4.69, 9.17) is 10.6 Å². The minimum absolute atomic E-state index is 0.228. The normalized spacial score (nSPS) is 9.69. The van der Waals surface area contributed by atoms with Gasteiger partial charge in [0.15, 0.2) is 5.75 Å². The summed E-state index contributed by atoms with van der Waals surface area (Å²) < 4.78 is 12.8. The number of benzene rings is 1. The highest BCUT2D eigenvalue weighted by Gasteiger charge is 2.06. The first kappa shape index (κ1) is 9.54. The van der Waals surface area contributed by atoms with Crippen molar-refractivity contribution in [1.29, 1.82) is 0 Å². The summed E-state index contributed by atoms with van der Waals surface area (Å²) in [4.78, 5) is 9.19. The molecule has 70 valence electrons. The lowest BCUT2D eigenvalue weighted by Gasteiger charge is -2.07. The molecule has 13 heavy (non-hydrogen) atoms. The SMILES string of the molecule is C=C(N)c1cc(F)ccc1OOC. The molecule has 3 nitrogen and oxygen atoms in total. The van der Waals surface area contributed by atoms with Crippen LogP contribution in [0.2, 0.25) is 0 Å². The van der Waals surface area contributed by atoms with Gasteiger partial charge in [-0.3, -0.25) is 0 Å². The van der Waals surface area contributed by atoms with E-state index in [0.29, 0.717) is 11.3 Å². The molecule has 0 amide bonds. The molecule has 0 radical (unpaired) electrons. The van der Waals surface area contributed by atoms with Gasteiger partial charge in [-0.2, -0.15) is 4.89 Å². The maximum atomic E-state index is 12.8. The summed E-state index contributed by atoms with van der Waals surface area (Å²) in [7, 11) is 1.35. The highest BCUT2D eigenvalue weighted by atomic mass is 19.1. The van der Waals surface area contributed by atoms with Crippen LogP contribution < -0.4 is 10.6 Å². The lowest BCUT2D eigenvalue weighted by molar-refractivity contribution is -0.178. The molecule has 4 heteroatoms. The highest BCUT2D eigenvalue weighted by Crippen LogP contribution is 2.23. The van der Waals surface area contributed by atoms with E-state index in [9.17, 15) is 4.39 Å². The van der Waals surface area contributed by atoms with Crippen LogP contribution in [0.15, 0.2) is 24.8 Å². The van der Waals surface area contributed by atoms with E-state index in [2.05, 4.69) is 11.5 Å². The molecule has 0 spiro atoms. The topological polar surface area (TPSA) is 44.5 Å². The summed E-state index contributed by atoms with van der Waals surface area (Å²) in [6.07, 6.45) is 0. The minimum Gasteiger partial charge on any atom is -0.399 e. The number of rotatable bonds is 3. The van der Waals surface area contributed by atoms with Crippen LogP contribution in [0.5, 0.6) is 5.75 Å². The van der Waals surface area contributed by atoms with E-state index in [-0.39, 0.29) is 5.70 Å². The smallest absolute Gasteiger partial charge is 0.174 e. The van der Waals surface area contributed by atoms with Crippen LogP contribution in [0.1, 0.15) is 5.56 Å². The molecule has 0 aliphatic rings. The molecule has 1 rings (SSSR count). The molecule has 0 aromatic heterocycles. The van der Waals surface area contributed by atoms with Gasteiger partial charge in [-0.1, -0.05) is 6.58 Å². The maximum Gasteiger partial charge on any atom is 0.174 e. The molecule has 0 saturated carbocycles. The second-order valence-corrected chi connectivity index (χ2v) is 2.42. The van der Waals surface area contributed by atoms with E-state index in [1.165, 1.54) is 25.3 Å². The summed E-state index contributed by atoms with van der Waals surface area (Å²) in [5.74, 6) is -0.0542. The van der Waals surface area contributed by atoms with Crippen molar-refractivity contribution >= 4 is 5.70 Å². The maximum absolute atomic E-state index is 12.8. The second kappa shape index (κ2) is 3.91. The van der Waals surface area contributed by atoms with Crippen molar-refractivity contribution in [1.82, 2.24) is 0 Å². The first-order valence-corrected chi connectivity index (χ1v) is 3.60. The van der Waals surface area contributed by atoms with Crippen molar-refractivity contribution in [2.24, 2.45) is 5.73 Å². The summed E-state index contributed by atoms with van der Waals surface area (Å²) in [5, 5.41) is 0. The third-order valence-corrected chi connectivity index (χ3v) is 1.46. The van der Waals surface area contributed by atoms with Gasteiger partial charge in [-0.25, -0.2) is 4.39 Å². The first-order valence-electron chi connectivity index (χ1n) is 3.60. The number of hydrogen-bond acceptors (Lipinski definition) is 3. The number of nitrogens with two attached hydrogens (primary N) is 1. The van der Waals surface area contributed by atoms with Crippen LogP contribution in [-0.4, -0.2) is 7.11 Å². The van der Waals surface area contributed by atoms with Crippen molar-refractivity contribution in [2.75, 3.05) is 7.11 Å². The van der Waals surface area contributed by atoms with E-state index >= 15 is 0 Å². The molecule has 0 fully saturated rings. The van der Waals surface area contributed by atoms with Crippen LogP contribution in [0.3, 0.4) is 0 Å². The standard InChI is InChI=1S/C9H10FNO2/c1-6(11)8-5-7(10)3-4-9(8)13-12-2/h3-5H,1,11H2,2H3. The van der Waals surface area contributed by atoms with Gasteiger partial charge in [0.2, 0.25) is 0 Å². The highest BCUT2D eigenvalue weighted by molar-refractivity contribution is 5.66. The average Bonchev–Trinajstić information content (AvgIpc) is 2.08. The van der Waals surface area contributed by atoms with Crippen LogP contribution in [-0.2, 0) is 4.89 Å². The average molecular weight is 183 g/mol. The van der Waals surface area contributed by atoms with Crippen molar-refractivity contribution in [2.45, 2.75) is 0 Å². The Kier molecular flexibility index (Phi) is 2.87. The van der Waals surface area contributed by atoms with E-state index in [1.54, 1.807) is 0 Å². The Morgan fingerprint density at radius 1 is 1.54 bits per heavy atom. The van der Waals surface area contributed by atoms with Gasteiger partial charge in [-0.15, -0.1) is 0 Å². The van der Waals surface area contributed by atoms with Crippen LogP contribution in [0, 0.1) is 5.82 Å². The molecular formula is C9H10FNO2. The molecule has 2 N–H and O–H groups in total. The number of halogens is 1. The Labute approximate surface area is 75.5 Å². The van der Waals surface area contributed by atoms with Crippen molar-refractivity contribution < 1.29 is 14.2 Å². The predicted molar refractivity (Wildman–Crippen MR) is 47.3 cm³/mol. The molecular weight excluding hydrogens is 173 g/mol. The van der Waals surface area contributed by atoms with Gasteiger partial charge in [0, 0.05) is 11.3 Å². The van der Waals surface area contributed by atoms with Gasteiger partial charge in [-0.05, 0) is 18.2 Å². The summed E-state index contributed by atoms with van der Waals surface area (Å²) in [5.41, 5.74) is 6.04. The molecule has 0 saturated heterocycles. The fourth-order valence-corrected chi connectivity index (χ4v) is 0.916. The Bertz CT molecular complexity index is 325. The molecule has 0 bridgehead atoms. The zero-order chi connectivity index (χ0) is 9.84. The lowest BCUT2D eigenvalue weighted by atomic mass is 10.1. The Morgan fingerprint density at radius 2 is 2.23 bits per heavy atom. The second-order valence-electron chi connectivity index (χ2n) is 2.42. The lowest BCUT2D eigenvalue weighted by Crippen LogP contribution is -2.00. The monoisotopic (exact) mass is 183 g/mol. The van der Waals surface area contributed by atoms with Gasteiger partial charge in [0.25, 0.3) is 0 Å². The van der Waals surface area contributed by atoms with Gasteiger partial charge < -0.3 is 10.6 Å². The largest absolute Gasteiger partial charge is 0.399 e. The van der Waals surface area contributed by atoms with E-state index < -0.39 is 5.82 Å². The van der Waals surface area contributed by atoms with E-state index in [1.807, 2.05) is 0 Å². The molecule has 0 unspecified atom stereocenters. The molecule has 1 aromatic rings. The molecule has 0 aliphatic carbocycles. The third kappa shape index (κ3) is 2.19. The molecule has 1 aromatic carbocycles. The number of hydrogen-bond donors (Lipinski definition) is 1. The zero-order valence-corrected chi connectivity index (χ0v) is 7.21. The zero-order valence-electron chi connectivity index (χ0n) is 7.21. The Hall–Kier alpha value is -1.55. The first-order chi connectivity index (χ1) is 6.15. The van der Waals surface area contributed by atoms with Crippen molar-refractivity contribution in [3.63, 3.8) is 0 Å². The Morgan fingerprint density at radius 3 is 2.77 bits per heavy atom. The summed E-state index contributed by atoms with van der Waals surface area (Å²) in [6.45, 7) is 3.48. The van der Waals surface area contributed by atoms with E-state index in [0.717, 1.165) is 0 Å². The van der Waals surface area contributed by atoms with Gasteiger partial charge in [0.1, 0.15) is 5.82 Å². The van der Waals surface area contributed by atoms with Crippen LogP contribution >= 0.6 is 0 Å². The molecule has 0 atom stereocenters. The fraction of sp³-hybridized carbons (Fsp3) is 0.111.